The van der Waals surface area contributed by atoms with Crippen LogP contribution in [0.5, 0.6) is 5.75 Å². The number of carbonyl (C=O) groups is 1. The number of nitrogens with one attached hydrogen (secondary N) is 1. The first-order chi connectivity index (χ1) is 10.8. The molecule has 0 aromatic heterocycles. The van der Waals surface area contributed by atoms with Crippen molar-refractivity contribution >= 4 is 5.91 Å². The van der Waals surface area contributed by atoms with Crippen LogP contribution in [-0.4, -0.2) is 62.1 Å². The summed E-state index contributed by atoms with van der Waals surface area (Å²) in [6, 6.07) is 8.06. The molecule has 22 heavy (non-hydrogen) atoms. The van der Waals surface area contributed by atoms with Gasteiger partial charge in [-0.3, -0.25) is 9.69 Å². The highest BCUT2D eigenvalue weighted by Crippen LogP contribution is 2.30. The van der Waals surface area contributed by atoms with E-state index in [2.05, 4.69) is 16.3 Å². The molecule has 5 heteroatoms. The highest BCUT2D eigenvalue weighted by Gasteiger charge is 2.30. The minimum absolute atomic E-state index is 0.0556. The van der Waals surface area contributed by atoms with Gasteiger partial charge in [-0.1, -0.05) is 18.2 Å². The van der Waals surface area contributed by atoms with E-state index in [0.29, 0.717) is 6.54 Å². The fourth-order valence-electron chi connectivity index (χ4n) is 3.45. The molecule has 2 aliphatic rings. The van der Waals surface area contributed by atoms with Crippen LogP contribution in [0.15, 0.2) is 24.3 Å². The van der Waals surface area contributed by atoms with Crippen molar-refractivity contribution in [3.05, 3.63) is 29.8 Å². The number of hydrogen-bond acceptors (Lipinski definition) is 4. The Morgan fingerprint density at radius 2 is 2.05 bits per heavy atom. The number of hydrogen-bond donors (Lipinski definition) is 1. The molecular weight excluding hydrogens is 278 g/mol. The second-order valence-electron chi connectivity index (χ2n) is 6.03. The predicted octanol–water partition coefficient (Wildman–Crippen LogP) is 1.26. The lowest BCUT2D eigenvalue weighted by atomic mass is 10.0. The molecule has 0 radical (unpaired) electrons. The number of methoxy groups -OCH3 is 1. The Morgan fingerprint density at radius 3 is 2.82 bits per heavy atom. The fraction of sp³-hybridized carbons (Fsp3) is 0.588. The first-order valence-electron chi connectivity index (χ1n) is 8.15. The molecule has 5 nitrogen and oxygen atoms in total. The third-order valence-electron chi connectivity index (χ3n) is 4.62. The maximum atomic E-state index is 12.8. The van der Waals surface area contributed by atoms with Crippen molar-refractivity contribution in [2.75, 3.05) is 46.4 Å². The number of ether oxygens (including phenoxy) is 1. The zero-order valence-corrected chi connectivity index (χ0v) is 13.3. The molecule has 1 aromatic rings. The van der Waals surface area contributed by atoms with E-state index in [1.165, 1.54) is 12.8 Å². The Hall–Kier alpha value is -1.59. The highest BCUT2D eigenvalue weighted by molar-refractivity contribution is 5.79. The minimum Gasteiger partial charge on any atom is -0.496 e. The zero-order valence-electron chi connectivity index (χ0n) is 13.3. The van der Waals surface area contributed by atoms with Gasteiger partial charge in [0.2, 0.25) is 5.91 Å². The van der Waals surface area contributed by atoms with Gasteiger partial charge in [0.25, 0.3) is 0 Å². The average molecular weight is 303 g/mol. The van der Waals surface area contributed by atoms with Crippen molar-refractivity contribution in [3.63, 3.8) is 0 Å². The summed E-state index contributed by atoms with van der Waals surface area (Å²) in [4.78, 5) is 17.0. The number of carbonyl (C=O) groups excluding carboxylic acids is 1. The second kappa shape index (κ2) is 7.11. The normalized spacial score (nSPS) is 22.8. The maximum Gasteiger partial charge on any atom is 0.237 e. The number of rotatable bonds is 4. The Kier molecular flexibility index (Phi) is 4.95. The number of benzene rings is 1. The number of amides is 1. The number of nitrogens with zero attached hydrogens (tertiary/aromatic N) is 2. The van der Waals surface area contributed by atoms with Crippen molar-refractivity contribution in [1.82, 2.24) is 15.1 Å². The SMILES string of the molecule is COc1ccccc1[C@H]1CNCCN1C(=O)CN1CCCC1. The van der Waals surface area contributed by atoms with Crippen LogP contribution < -0.4 is 10.1 Å². The van der Waals surface area contributed by atoms with Gasteiger partial charge in [-0.2, -0.15) is 0 Å². The first-order valence-corrected chi connectivity index (χ1v) is 8.15. The highest BCUT2D eigenvalue weighted by atomic mass is 16.5. The van der Waals surface area contributed by atoms with Gasteiger partial charge in [0.15, 0.2) is 0 Å². The van der Waals surface area contributed by atoms with Crippen LogP contribution in [0.1, 0.15) is 24.4 Å². The fourth-order valence-corrected chi connectivity index (χ4v) is 3.45. The molecule has 3 rings (SSSR count). The Balaban J connectivity index is 1.76. The quantitative estimate of drug-likeness (QED) is 0.910. The van der Waals surface area contributed by atoms with Crippen LogP contribution in [0.3, 0.4) is 0 Å². The molecule has 0 unspecified atom stereocenters. The van der Waals surface area contributed by atoms with Gasteiger partial charge in [-0.25, -0.2) is 0 Å². The summed E-state index contributed by atoms with van der Waals surface area (Å²) in [6.45, 7) is 5.05. The van der Waals surface area contributed by atoms with Crippen LogP contribution in [0, 0.1) is 0 Å². The van der Waals surface area contributed by atoms with Crippen LogP contribution in [0.2, 0.25) is 0 Å². The molecule has 1 atom stereocenters. The van der Waals surface area contributed by atoms with E-state index in [0.717, 1.165) is 44.0 Å². The zero-order chi connectivity index (χ0) is 15.4. The first kappa shape index (κ1) is 15.3. The average Bonchev–Trinajstić information content (AvgIpc) is 3.07. The molecule has 0 aliphatic carbocycles. The molecule has 0 saturated carbocycles. The number of likely N-dealkylation sites (tertiary alicyclic amines) is 1. The summed E-state index contributed by atoms with van der Waals surface area (Å²) in [7, 11) is 1.69. The van der Waals surface area contributed by atoms with E-state index in [9.17, 15) is 4.79 Å². The molecule has 2 saturated heterocycles. The van der Waals surface area contributed by atoms with Crippen LogP contribution in [0.25, 0.3) is 0 Å². The summed E-state index contributed by atoms with van der Waals surface area (Å²) in [5.41, 5.74) is 1.09. The summed E-state index contributed by atoms with van der Waals surface area (Å²) >= 11 is 0. The van der Waals surface area contributed by atoms with Gasteiger partial charge in [0.05, 0.1) is 19.7 Å². The van der Waals surface area contributed by atoms with Gasteiger partial charge in [0, 0.05) is 25.2 Å². The lowest BCUT2D eigenvalue weighted by molar-refractivity contribution is -0.135. The van der Waals surface area contributed by atoms with Crippen molar-refractivity contribution < 1.29 is 9.53 Å². The van der Waals surface area contributed by atoms with E-state index < -0.39 is 0 Å². The Bertz CT molecular complexity index is 514. The maximum absolute atomic E-state index is 12.8. The van der Waals surface area contributed by atoms with Gasteiger partial charge < -0.3 is 15.0 Å². The third kappa shape index (κ3) is 3.25. The van der Waals surface area contributed by atoms with E-state index in [1.807, 2.05) is 23.1 Å². The molecule has 120 valence electrons. The molecule has 1 aromatic carbocycles. The van der Waals surface area contributed by atoms with Crippen LogP contribution in [0.4, 0.5) is 0 Å². The van der Waals surface area contributed by atoms with Crippen molar-refractivity contribution in [2.45, 2.75) is 18.9 Å². The van der Waals surface area contributed by atoms with E-state index in [-0.39, 0.29) is 11.9 Å². The molecule has 1 N–H and O–H groups in total. The summed E-state index contributed by atoms with van der Waals surface area (Å²) in [6.07, 6.45) is 2.43. The number of piperazine rings is 1. The van der Waals surface area contributed by atoms with Crippen molar-refractivity contribution in [3.8, 4) is 5.75 Å². The molecule has 0 spiro atoms. The van der Waals surface area contributed by atoms with Gasteiger partial charge in [-0.05, 0) is 32.0 Å². The molecule has 2 heterocycles. The molecule has 0 bridgehead atoms. The molecule has 1 amide bonds. The largest absolute Gasteiger partial charge is 0.496 e. The van der Waals surface area contributed by atoms with Crippen molar-refractivity contribution in [2.24, 2.45) is 0 Å². The van der Waals surface area contributed by atoms with Crippen LogP contribution >= 0.6 is 0 Å². The van der Waals surface area contributed by atoms with Crippen LogP contribution in [-0.2, 0) is 4.79 Å². The van der Waals surface area contributed by atoms with E-state index in [1.54, 1.807) is 7.11 Å². The monoisotopic (exact) mass is 303 g/mol. The lowest BCUT2D eigenvalue weighted by Gasteiger charge is -2.38. The van der Waals surface area contributed by atoms with Gasteiger partial charge in [-0.15, -0.1) is 0 Å². The summed E-state index contributed by atoms with van der Waals surface area (Å²) in [5.74, 6) is 1.09. The molecule has 2 fully saturated rings. The predicted molar refractivity (Wildman–Crippen MR) is 86.0 cm³/mol. The standard InChI is InChI=1S/C17H25N3O2/c1-22-16-7-3-2-6-14(16)15-12-18-8-11-20(15)17(21)13-19-9-4-5-10-19/h2-3,6-7,15,18H,4-5,8-13H2,1H3/t15-/m1/s1. The van der Waals surface area contributed by atoms with Crippen molar-refractivity contribution in [1.29, 1.82) is 0 Å². The Morgan fingerprint density at radius 1 is 1.27 bits per heavy atom. The molecule has 2 aliphatic heterocycles. The molecular formula is C17H25N3O2. The van der Waals surface area contributed by atoms with E-state index >= 15 is 0 Å². The van der Waals surface area contributed by atoms with E-state index in [4.69, 9.17) is 4.74 Å². The lowest BCUT2D eigenvalue weighted by Crippen LogP contribution is -2.51. The number of para-hydroxylation sites is 1. The third-order valence-corrected chi connectivity index (χ3v) is 4.62. The Labute approximate surface area is 132 Å². The smallest absolute Gasteiger partial charge is 0.237 e. The second-order valence-corrected chi connectivity index (χ2v) is 6.03. The topological polar surface area (TPSA) is 44.8 Å². The van der Waals surface area contributed by atoms with Gasteiger partial charge in [0.1, 0.15) is 5.75 Å². The summed E-state index contributed by atoms with van der Waals surface area (Å²) < 4.78 is 5.48. The summed E-state index contributed by atoms with van der Waals surface area (Å²) in [5, 5.41) is 3.40. The van der Waals surface area contributed by atoms with Gasteiger partial charge >= 0.3 is 0 Å². The minimum atomic E-state index is 0.0556.